The van der Waals surface area contributed by atoms with Crippen LogP contribution in [0, 0.1) is 0 Å². The molecule has 0 aliphatic carbocycles. The van der Waals surface area contributed by atoms with Gasteiger partial charge in [0.05, 0.1) is 6.61 Å². The maximum atomic E-state index is 11.4. The fraction of sp³-hybridized carbons (Fsp3) is 1.00. The van der Waals surface area contributed by atoms with Crippen LogP contribution in [-0.4, -0.2) is 70.6 Å². The highest BCUT2D eigenvalue weighted by Crippen LogP contribution is 2.42. The van der Waals surface area contributed by atoms with E-state index in [0.29, 0.717) is 19.6 Å². The van der Waals surface area contributed by atoms with Gasteiger partial charge in [-0.1, -0.05) is 0 Å². The lowest BCUT2D eigenvalue weighted by molar-refractivity contribution is -0.0244. The molecule has 1 rings (SSSR count). The number of ether oxygens (including phenoxy) is 3. The number of hydrogen-bond donors (Lipinski definition) is 2. The van der Waals surface area contributed by atoms with Crippen LogP contribution < -0.4 is 5.73 Å². The van der Waals surface area contributed by atoms with E-state index in [1.54, 1.807) is 0 Å². The van der Waals surface area contributed by atoms with Gasteiger partial charge in [0.1, 0.15) is 26.2 Å². The lowest BCUT2D eigenvalue weighted by atomic mass is 9.93. The maximum Gasteiger partial charge on any atom is 0.325 e. The monoisotopic (exact) mass is 293 g/mol. The third-order valence-corrected chi connectivity index (χ3v) is 3.29. The Bertz CT molecular complexity index is 314. The number of hydrogen-bond acceptors (Lipinski definition) is 6. The van der Waals surface area contributed by atoms with Crippen LogP contribution in [0.4, 0.5) is 0 Å². The van der Waals surface area contributed by atoms with Crippen molar-refractivity contribution in [1.29, 1.82) is 0 Å². The molecule has 0 amide bonds. The van der Waals surface area contributed by atoms with E-state index in [0.717, 1.165) is 6.66 Å². The van der Waals surface area contributed by atoms with Gasteiger partial charge in [0.15, 0.2) is 0 Å². The number of rotatable bonds is 8. The van der Waals surface area contributed by atoms with Crippen molar-refractivity contribution in [2.45, 2.75) is 30.7 Å². The molecule has 0 spiro atoms. The van der Waals surface area contributed by atoms with Gasteiger partial charge >= 0.3 is 7.60 Å². The van der Waals surface area contributed by atoms with Crippen LogP contribution in [0.3, 0.4) is 0 Å². The van der Waals surface area contributed by atoms with Crippen LogP contribution >= 0.6 is 7.60 Å². The van der Waals surface area contributed by atoms with Crippen LogP contribution in [-0.2, 0) is 23.3 Å². The molecule has 19 heavy (non-hydrogen) atoms. The van der Waals surface area contributed by atoms with Crippen LogP contribution in [0.5, 0.6) is 0 Å². The summed E-state index contributed by atoms with van der Waals surface area (Å²) >= 11 is 0. The van der Waals surface area contributed by atoms with Crippen LogP contribution in [0.15, 0.2) is 0 Å². The van der Waals surface area contributed by atoms with E-state index < -0.39 is 31.9 Å². The van der Waals surface area contributed by atoms with Gasteiger partial charge in [0.25, 0.3) is 0 Å². The zero-order chi connectivity index (χ0) is 14.5. The van der Waals surface area contributed by atoms with Crippen molar-refractivity contribution >= 4 is 15.4 Å². The molecule has 110 valence electrons. The summed E-state index contributed by atoms with van der Waals surface area (Å²) in [7, 11) is 3.63. The van der Waals surface area contributed by atoms with E-state index in [1.165, 1.54) is 7.11 Å². The first-order valence-electron chi connectivity index (χ1n) is 6.09. The third-order valence-electron chi connectivity index (χ3n) is 2.65. The minimum atomic E-state index is -3.67. The molecule has 9 heteroatoms. The normalized spacial score (nSPS) is 34.3. The van der Waals surface area contributed by atoms with Crippen molar-refractivity contribution < 1.29 is 28.2 Å². The van der Waals surface area contributed by atoms with Crippen LogP contribution in [0.2, 0.25) is 0 Å². The molecule has 1 heterocycles. The number of methoxy groups -OCH3 is 1. The zero-order valence-electron chi connectivity index (χ0n) is 11.2. The van der Waals surface area contributed by atoms with Crippen LogP contribution in [0.1, 0.15) is 6.42 Å². The molecule has 0 saturated carbocycles. The van der Waals surface area contributed by atoms with Gasteiger partial charge in [-0.25, -0.2) is 0 Å². The molecule has 0 aromatic heterocycles. The topological polar surface area (TPSA) is 100 Å². The number of nitrogens with two attached hydrogens (primary N) is 1. The predicted molar refractivity (Wildman–Crippen MR) is 70.3 cm³/mol. The SMILES string of the molecule is [B][C@@H]1O[C@H](COC)C(OP(C)(=O)O)C1OCCCN. The van der Waals surface area contributed by atoms with Gasteiger partial charge in [0.2, 0.25) is 0 Å². The third kappa shape index (κ3) is 5.51. The van der Waals surface area contributed by atoms with Crippen molar-refractivity contribution in [1.82, 2.24) is 0 Å². The fourth-order valence-electron chi connectivity index (χ4n) is 1.90. The highest BCUT2D eigenvalue weighted by Gasteiger charge is 2.45. The molecule has 1 aliphatic rings. The fourth-order valence-corrected chi connectivity index (χ4v) is 2.61. The van der Waals surface area contributed by atoms with Crippen molar-refractivity contribution in [2.24, 2.45) is 5.73 Å². The smallest absolute Gasteiger partial charge is 0.325 e. The molecule has 3 N–H and O–H groups in total. The molecule has 1 aliphatic heterocycles. The summed E-state index contributed by atoms with van der Waals surface area (Å²) in [4.78, 5) is 9.36. The first kappa shape index (κ1) is 17.1. The maximum absolute atomic E-state index is 11.4. The average molecular weight is 293 g/mol. The molecular weight excluding hydrogens is 272 g/mol. The Morgan fingerprint density at radius 2 is 2.16 bits per heavy atom. The van der Waals surface area contributed by atoms with Gasteiger partial charge in [0, 0.05) is 26.4 Å². The van der Waals surface area contributed by atoms with Crippen molar-refractivity contribution in [2.75, 3.05) is 33.5 Å². The Kier molecular flexibility index (Phi) is 6.97. The summed E-state index contributed by atoms with van der Waals surface area (Å²) in [6.45, 7) is 2.19. The molecule has 7 nitrogen and oxygen atoms in total. The minimum Gasteiger partial charge on any atom is -0.382 e. The standard InChI is InChI=1S/C10H21BNO6P/c1-15-6-7-8(18-19(2,13)14)9(10(11)17-7)16-5-3-4-12/h7-10H,3-6,12H2,1-2H3,(H,13,14)/t7-,8?,9?,10-/m1/s1. The summed E-state index contributed by atoms with van der Waals surface area (Å²) in [5, 5.41) is 0. The molecule has 2 radical (unpaired) electrons. The predicted octanol–water partition coefficient (Wildman–Crippen LogP) is -0.539. The zero-order valence-corrected chi connectivity index (χ0v) is 12.1. The van der Waals surface area contributed by atoms with E-state index in [4.69, 9.17) is 32.3 Å². The Morgan fingerprint density at radius 1 is 1.47 bits per heavy atom. The molecule has 5 atom stereocenters. The highest BCUT2D eigenvalue weighted by molar-refractivity contribution is 7.51. The quantitative estimate of drug-likeness (QED) is 0.352. The van der Waals surface area contributed by atoms with Crippen molar-refractivity contribution in [3.05, 3.63) is 0 Å². The van der Waals surface area contributed by atoms with E-state index >= 15 is 0 Å². The lowest BCUT2D eigenvalue weighted by Gasteiger charge is -2.25. The first-order chi connectivity index (χ1) is 8.89. The van der Waals surface area contributed by atoms with Crippen molar-refractivity contribution in [3.63, 3.8) is 0 Å². The molecule has 0 aromatic carbocycles. The van der Waals surface area contributed by atoms with E-state index in [-0.39, 0.29) is 6.61 Å². The molecule has 0 aromatic rings. The first-order valence-corrected chi connectivity index (χ1v) is 8.12. The highest BCUT2D eigenvalue weighted by atomic mass is 31.2. The summed E-state index contributed by atoms with van der Waals surface area (Å²) in [6, 6.07) is -0.727. The molecule has 1 saturated heterocycles. The Morgan fingerprint density at radius 3 is 2.68 bits per heavy atom. The summed E-state index contributed by atoms with van der Waals surface area (Å²) in [6.07, 6.45) is -1.24. The molecule has 0 bridgehead atoms. The van der Waals surface area contributed by atoms with Gasteiger partial charge in [-0.15, -0.1) is 0 Å². The Labute approximate surface area is 114 Å². The van der Waals surface area contributed by atoms with E-state index in [9.17, 15) is 9.46 Å². The van der Waals surface area contributed by atoms with Gasteiger partial charge in [-0.05, 0) is 13.0 Å². The van der Waals surface area contributed by atoms with Crippen LogP contribution in [0.25, 0.3) is 0 Å². The Hall–Kier alpha value is 0.0549. The largest absolute Gasteiger partial charge is 0.382 e. The second-order valence-electron chi connectivity index (χ2n) is 4.45. The van der Waals surface area contributed by atoms with Gasteiger partial charge in [-0.2, -0.15) is 0 Å². The second-order valence-corrected chi connectivity index (χ2v) is 6.26. The summed E-state index contributed by atoms with van der Waals surface area (Å²) in [5.41, 5.74) is 5.38. The molecular formula is C10H21BNO6P. The van der Waals surface area contributed by atoms with Crippen molar-refractivity contribution in [3.8, 4) is 0 Å². The molecule has 3 unspecified atom stereocenters. The Balaban J connectivity index is 2.70. The van der Waals surface area contributed by atoms with Gasteiger partial charge < -0.3 is 24.8 Å². The summed E-state index contributed by atoms with van der Waals surface area (Å²) in [5.74, 6) is 0. The minimum absolute atomic E-state index is 0.203. The lowest BCUT2D eigenvalue weighted by Crippen LogP contribution is -2.38. The average Bonchev–Trinajstić information content (AvgIpc) is 2.56. The summed E-state index contributed by atoms with van der Waals surface area (Å²) < 4.78 is 32.5. The molecule has 1 fully saturated rings. The second kappa shape index (κ2) is 7.74. The van der Waals surface area contributed by atoms with E-state index in [2.05, 4.69) is 0 Å². The van der Waals surface area contributed by atoms with E-state index in [1.807, 2.05) is 0 Å². The van der Waals surface area contributed by atoms with Gasteiger partial charge in [-0.3, -0.25) is 9.09 Å².